The molecule has 6 nitrogen and oxygen atoms in total. The Morgan fingerprint density at radius 2 is 1.95 bits per heavy atom. The lowest BCUT2D eigenvalue weighted by Gasteiger charge is -2.17. The number of sulfonamides is 1. The maximum Gasteiger partial charge on any atom is 0.322 e. The molecule has 0 unspecified atom stereocenters. The molecule has 1 heterocycles. The van der Waals surface area contributed by atoms with Crippen LogP contribution in [-0.2, 0) is 14.8 Å². The van der Waals surface area contributed by atoms with Gasteiger partial charge in [-0.1, -0.05) is 32.0 Å². The van der Waals surface area contributed by atoms with E-state index in [1.165, 1.54) is 12.3 Å². The zero-order valence-corrected chi connectivity index (χ0v) is 12.5. The minimum atomic E-state index is -3.93. The SMILES string of the molecule is CC(C)[C@H](NS(=O)(=O)c1cnc2ccccc2c1)C(=O)O. The lowest BCUT2D eigenvalue weighted by molar-refractivity contribution is -0.140. The number of nitrogens with one attached hydrogen (secondary N) is 1. The molecule has 2 rings (SSSR count). The summed E-state index contributed by atoms with van der Waals surface area (Å²) in [5.74, 6) is -1.58. The number of carboxylic acid groups (broad SMARTS) is 1. The largest absolute Gasteiger partial charge is 0.480 e. The van der Waals surface area contributed by atoms with Crippen LogP contribution in [0.3, 0.4) is 0 Å². The topological polar surface area (TPSA) is 96.4 Å². The van der Waals surface area contributed by atoms with Crippen molar-refractivity contribution in [3.8, 4) is 0 Å². The first kappa shape index (κ1) is 15.4. The first-order valence-corrected chi connectivity index (χ1v) is 7.89. The van der Waals surface area contributed by atoms with Crippen LogP contribution in [0, 0.1) is 5.92 Å². The third kappa shape index (κ3) is 3.37. The normalized spacial score (nSPS) is 13.5. The Morgan fingerprint density at radius 1 is 1.29 bits per heavy atom. The smallest absolute Gasteiger partial charge is 0.322 e. The summed E-state index contributed by atoms with van der Waals surface area (Å²) in [4.78, 5) is 15.1. The molecule has 7 heteroatoms. The standard InChI is InChI=1S/C14H16N2O4S/c1-9(2)13(14(17)18)16-21(19,20)11-7-10-5-3-4-6-12(10)15-8-11/h3-9,13,16H,1-2H3,(H,17,18)/t13-/m0/s1. The molecule has 0 saturated carbocycles. The predicted molar refractivity (Wildman–Crippen MR) is 78.3 cm³/mol. The molecule has 112 valence electrons. The van der Waals surface area contributed by atoms with Gasteiger partial charge < -0.3 is 5.11 Å². The van der Waals surface area contributed by atoms with Gasteiger partial charge in [-0.2, -0.15) is 4.72 Å². The summed E-state index contributed by atoms with van der Waals surface area (Å²) in [5, 5.41) is 9.76. The predicted octanol–water partition coefficient (Wildman–Crippen LogP) is 1.62. The molecule has 2 N–H and O–H groups in total. The Bertz CT molecular complexity index is 771. The van der Waals surface area contributed by atoms with Gasteiger partial charge in [0.2, 0.25) is 10.0 Å². The number of rotatable bonds is 5. The molecule has 1 atom stereocenters. The van der Waals surface area contributed by atoms with Crippen LogP contribution in [0.15, 0.2) is 41.4 Å². The monoisotopic (exact) mass is 308 g/mol. The number of nitrogens with zero attached hydrogens (tertiary/aromatic N) is 1. The van der Waals surface area contributed by atoms with E-state index in [4.69, 9.17) is 5.11 Å². The fourth-order valence-electron chi connectivity index (χ4n) is 1.90. The van der Waals surface area contributed by atoms with Gasteiger partial charge in [-0.3, -0.25) is 9.78 Å². The van der Waals surface area contributed by atoms with Gasteiger partial charge in [-0.05, 0) is 18.1 Å². The van der Waals surface area contributed by atoms with Gasteiger partial charge in [0, 0.05) is 11.6 Å². The molecule has 1 aromatic heterocycles. The maximum atomic E-state index is 12.3. The van der Waals surface area contributed by atoms with Gasteiger partial charge >= 0.3 is 5.97 Å². The minimum Gasteiger partial charge on any atom is -0.480 e. The van der Waals surface area contributed by atoms with Gasteiger partial charge in [0.25, 0.3) is 0 Å². The average Bonchev–Trinajstić information content (AvgIpc) is 2.43. The second kappa shape index (κ2) is 5.79. The molecular formula is C14H16N2O4S. The highest BCUT2D eigenvalue weighted by molar-refractivity contribution is 7.89. The molecule has 0 bridgehead atoms. The fourth-order valence-corrected chi connectivity index (χ4v) is 3.22. The number of hydrogen-bond donors (Lipinski definition) is 2. The van der Waals surface area contributed by atoms with E-state index in [2.05, 4.69) is 9.71 Å². The molecule has 0 fully saturated rings. The summed E-state index contributed by atoms with van der Waals surface area (Å²) in [7, 11) is -3.93. The molecule has 0 amide bonds. The average molecular weight is 308 g/mol. The molecule has 0 spiro atoms. The van der Waals surface area contributed by atoms with E-state index < -0.39 is 22.0 Å². The molecule has 2 aromatic rings. The zero-order valence-electron chi connectivity index (χ0n) is 11.6. The first-order valence-electron chi connectivity index (χ1n) is 6.41. The van der Waals surface area contributed by atoms with E-state index in [0.29, 0.717) is 10.9 Å². The number of carboxylic acids is 1. The van der Waals surface area contributed by atoms with Crippen LogP contribution in [0.2, 0.25) is 0 Å². The van der Waals surface area contributed by atoms with Crippen molar-refractivity contribution in [2.24, 2.45) is 5.92 Å². The summed E-state index contributed by atoms with van der Waals surface area (Å²) < 4.78 is 26.8. The number of aromatic nitrogens is 1. The van der Waals surface area contributed by atoms with Crippen molar-refractivity contribution in [3.05, 3.63) is 36.5 Å². The third-order valence-electron chi connectivity index (χ3n) is 3.09. The second-order valence-corrected chi connectivity index (χ2v) is 6.76. The molecule has 1 aromatic carbocycles. The van der Waals surface area contributed by atoms with Crippen molar-refractivity contribution in [2.45, 2.75) is 24.8 Å². The Balaban J connectivity index is 2.39. The Morgan fingerprint density at radius 3 is 2.57 bits per heavy atom. The summed E-state index contributed by atoms with van der Waals surface area (Å²) in [6.45, 7) is 3.28. The quantitative estimate of drug-likeness (QED) is 0.875. The third-order valence-corrected chi connectivity index (χ3v) is 4.50. The van der Waals surface area contributed by atoms with Crippen molar-refractivity contribution in [3.63, 3.8) is 0 Å². The van der Waals surface area contributed by atoms with Crippen LogP contribution in [-0.4, -0.2) is 30.5 Å². The van der Waals surface area contributed by atoms with E-state index in [0.717, 1.165) is 0 Å². The van der Waals surface area contributed by atoms with Crippen LogP contribution in [0.4, 0.5) is 0 Å². The lowest BCUT2D eigenvalue weighted by Crippen LogP contribution is -2.44. The number of fused-ring (bicyclic) bond motifs is 1. The number of benzene rings is 1. The summed E-state index contributed by atoms with van der Waals surface area (Å²) in [6, 6.07) is 7.40. The number of pyridine rings is 1. The van der Waals surface area contributed by atoms with E-state index in [1.807, 2.05) is 0 Å². The Hall–Kier alpha value is -1.99. The highest BCUT2D eigenvalue weighted by Gasteiger charge is 2.28. The minimum absolute atomic E-state index is 0.0481. The zero-order chi connectivity index (χ0) is 15.6. The molecule has 0 radical (unpaired) electrons. The highest BCUT2D eigenvalue weighted by Crippen LogP contribution is 2.17. The summed E-state index contributed by atoms with van der Waals surface area (Å²) in [5.41, 5.74) is 0.676. The highest BCUT2D eigenvalue weighted by atomic mass is 32.2. The number of para-hydroxylation sites is 1. The lowest BCUT2D eigenvalue weighted by atomic mass is 10.1. The Labute approximate surface area is 122 Å². The van der Waals surface area contributed by atoms with Gasteiger partial charge in [0.1, 0.15) is 10.9 Å². The molecule has 0 aliphatic carbocycles. The van der Waals surface area contributed by atoms with E-state index in [-0.39, 0.29) is 10.8 Å². The van der Waals surface area contributed by atoms with E-state index in [9.17, 15) is 13.2 Å². The fraction of sp³-hybridized carbons (Fsp3) is 0.286. The molecule has 0 aliphatic heterocycles. The van der Waals surface area contributed by atoms with Crippen molar-refractivity contribution in [1.29, 1.82) is 0 Å². The van der Waals surface area contributed by atoms with Crippen molar-refractivity contribution in [2.75, 3.05) is 0 Å². The van der Waals surface area contributed by atoms with Gasteiger partial charge in [-0.15, -0.1) is 0 Å². The molecule has 21 heavy (non-hydrogen) atoms. The molecule has 0 aliphatic rings. The van der Waals surface area contributed by atoms with E-state index >= 15 is 0 Å². The number of aliphatic carboxylic acids is 1. The van der Waals surface area contributed by atoms with Crippen molar-refractivity contribution < 1.29 is 18.3 Å². The van der Waals surface area contributed by atoms with Crippen LogP contribution in [0.25, 0.3) is 10.9 Å². The van der Waals surface area contributed by atoms with Crippen molar-refractivity contribution >= 4 is 26.9 Å². The van der Waals surface area contributed by atoms with Gasteiger partial charge in [0.15, 0.2) is 0 Å². The molecular weight excluding hydrogens is 292 g/mol. The van der Waals surface area contributed by atoms with E-state index in [1.54, 1.807) is 38.1 Å². The van der Waals surface area contributed by atoms with Gasteiger partial charge in [-0.25, -0.2) is 8.42 Å². The van der Waals surface area contributed by atoms with Crippen LogP contribution >= 0.6 is 0 Å². The maximum absolute atomic E-state index is 12.3. The summed E-state index contributed by atoms with van der Waals surface area (Å²) >= 11 is 0. The van der Waals surface area contributed by atoms with Crippen LogP contribution in [0.5, 0.6) is 0 Å². The number of hydrogen-bond acceptors (Lipinski definition) is 4. The van der Waals surface area contributed by atoms with Crippen LogP contribution in [0.1, 0.15) is 13.8 Å². The Kier molecular flexibility index (Phi) is 4.24. The number of carbonyl (C=O) groups is 1. The molecule has 0 saturated heterocycles. The van der Waals surface area contributed by atoms with Gasteiger partial charge in [0.05, 0.1) is 5.52 Å². The van der Waals surface area contributed by atoms with Crippen LogP contribution < -0.4 is 4.72 Å². The second-order valence-electron chi connectivity index (χ2n) is 5.04. The van der Waals surface area contributed by atoms with Crippen molar-refractivity contribution in [1.82, 2.24) is 9.71 Å². The summed E-state index contributed by atoms with van der Waals surface area (Å²) in [6.07, 6.45) is 1.23. The first-order chi connectivity index (χ1) is 9.81.